The lowest BCUT2D eigenvalue weighted by Gasteiger charge is -2.35. The van der Waals surface area contributed by atoms with Crippen LogP contribution in [0.25, 0.3) is 17.0 Å². The lowest BCUT2D eigenvalue weighted by atomic mass is 9.70. The van der Waals surface area contributed by atoms with Gasteiger partial charge in [0.05, 0.1) is 18.7 Å². The van der Waals surface area contributed by atoms with Crippen molar-refractivity contribution in [2.45, 2.75) is 46.5 Å². The Morgan fingerprint density at radius 3 is 2.86 bits per heavy atom. The van der Waals surface area contributed by atoms with Gasteiger partial charge in [0.2, 0.25) is 12.7 Å². The molecule has 0 saturated heterocycles. The maximum Gasteiger partial charge on any atom is 0.307 e. The number of ether oxygens (including phenoxy) is 3. The fraction of sp³-hybridized carbons (Fsp3) is 0.357. The number of allylic oxidation sites excluding steroid dienone is 1. The molecule has 0 bridgehead atoms. The van der Waals surface area contributed by atoms with E-state index in [4.69, 9.17) is 18.6 Å². The number of benzene rings is 2. The standard InChI is InChI=1S/C28H29NO6/c1-17-22(29-27(35-17)18-7-9-24-25(15-18)34-16-33-24)12-14-32-23-6-4-5-19-20(23)11-13-28(2,3)21(19)8-10-26(30)31/h4-9,15H,10-14,16H2,1-3H3,(H,30,31)/b21-8+. The highest BCUT2D eigenvalue weighted by Crippen LogP contribution is 2.47. The molecule has 7 nitrogen and oxygen atoms in total. The number of nitrogens with zero attached hydrogens (tertiary/aromatic N) is 1. The summed E-state index contributed by atoms with van der Waals surface area (Å²) in [4.78, 5) is 15.9. The van der Waals surface area contributed by atoms with Crippen LogP contribution in [0.5, 0.6) is 17.2 Å². The predicted molar refractivity (Wildman–Crippen MR) is 131 cm³/mol. The first-order valence-corrected chi connectivity index (χ1v) is 11.9. The Bertz CT molecular complexity index is 1300. The maximum atomic E-state index is 11.2. The van der Waals surface area contributed by atoms with Gasteiger partial charge in [-0.3, -0.25) is 4.79 Å². The molecule has 0 saturated carbocycles. The zero-order chi connectivity index (χ0) is 24.6. The molecule has 2 aromatic carbocycles. The summed E-state index contributed by atoms with van der Waals surface area (Å²) in [6.07, 6.45) is 4.30. The highest BCUT2D eigenvalue weighted by molar-refractivity contribution is 5.79. The molecule has 1 aromatic heterocycles. The molecular formula is C28H29NO6. The topological polar surface area (TPSA) is 91.0 Å². The van der Waals surface area contributed by atoms with Crippen molar-refractivity contribution in [3.05, 3.63) is 65.1 Å². The van der Waals surface area contributed by atoms with Crippen molar-refractivity contribution in [2.24, 2.45) is 5.41 Å². The quantitative estimate of drug-likeness (QED) is 0.460. The minimum Gasteiger partial charge on any atom is -0.493 e. The molecule has 3 aromatic rings. The van der Waals surface area contributed by atoms with Gasteiger partial charge in [-0.1, -0.05) is 32.1 Å². The molecule has 0 fully saturated rings. The van der Waals surface area contributed by atoms with Crippen molar-refractivity contribution in [1.29, 1.82) is 0 Å². The molecule has 0 spiro atoms. The third kappa shape index (κ3) is 4.63. The molecule has 182 valence electrons. The number of fused-ring (bicyclic) bond motifs is 2. The first-order valence-electron chi connectivity index (χ1n) is 11.9. The van der Waals surface area contributed by atoms with Crippen molar-refractivity contribution in [1.82, 2.24) is 4.98 Å². The molecule has 2 heterocycles. The third-order valence-electron chi connectivity index (χ3n) is 6.74. The number of carbonyl (C=O) groups is 1. The van der Waals surface area contributed by atoms with E-state index >= 15 is 0 Å². The summed E-state index contributed by atoms with van der Waals surface area (Å²) in [7, 11) is 0. The van der Waals surface area contributed by atoms with Gasteiger partial charge in [-0.15, -0.1) is 0 Å². The van der Waals surface area contributed by atoms with E-state index in [0.29, 0.717) is 24.7 Å². The number of hydrogen-bond acceptors (Lipinski definition) is 6. The molecule has 1 aliphatic heterocycles. The van der Waals surface area contributed by atoms with Gasteiger partial charge in [0.1, 0.15) is 11.5 Å². The average Bonchev–Trinajstić information content (AvgIpc) is 3.44. The number of carboxylic acids is 1. The van der Waals surface area contributed by atoms with E-state index < -0.39 is 5.97 Å². The number of aliphatic carboxylic acids is 1. The Morgan fingerprint density at radius 1 is 1.20 bits per heavy atom. The van der Waals surface area contributed by atoms with Gasteiger partial charge in [0.25, 0.3) is 0 Å². The van der Waals surface area contributed by atoms with Crippen molar-refractivity contribution in [3.8, 4) is 28.7 Å². The summed E-state index contributed by atoms with van der Waals surface area (Å²) in [5.74, 6) is 2.74. The smallest absolute Gasteiger partial charge is 0.307 e. The van der Waals surface area contributed by atoms with Gasteiger partial charge >= 0.3 is 5.97 Å². The Hall–Kier alpha value is -3.74. The van der Waals surface area contributed by atoms with E-state index in [9.17, 15) is 9.90 Å². The number of hydrogen-bond donors (Lipinski definition) is 1. The van der Waals surface area contributed by atoms with Crippen LogP contribution >= 0.6 is 0 Å². The number of oxazole rings is 1. The van der Waals surface area contributed by atoms with Crippen LogP contribution in [0.4, 0.5) is 0 Å². The van der Waals surface area contributed by atoms with Gasteiger partial charge in [0.15, 0.2) is 11.5 Å². The predicted octanol–water partition coefficient (Wildman–Crippen LogP) is 5.83. The maximum absolute atomic E-state index is 11.2. The second kappa shape index (κ2) is 9.13. The van der Waals surface area contributed by atoms with E-state index in [1.165, 1.54) is 0 Å². The zero-order valence-electron chi connectivity index (χ0n) is 20.2. The summed E-state index contributed by atoms with van der Waals surface area (Å²) in [5, 5.41) is 9.18. The van der Waals surface area contributed by atoms with E-state index in [0.717, 1.165) is 58.1 Å². The van der Waals surface area contributed by atoms with Crippen LogP contribution in [0, 0.1) is 12.3 Å². The molecule has 0 atom stereocenters. The van der Waals surface area contributed by atoms with Crippen LogP contribution in [0.1, 0.15) is 49.3 Å². The van der Waals surface area contributed by atoms with E-state index in [2.05, 4.69) is 24.9 Å². The second-order valence-corrected chi connectivity index (χ2v) is 9.57. The molecule has 1 aliphatic carbocycles. The molecule has 0 amide bonds. The van der Waals surface area contributed by atoms with Crippen LogP contribution < -0.4 is 14.2 Å². The van der Waals surface area contributed by atoms with Gasteiger partial charge in [-0.05, 0) is 60.6 Å². The van der Waals surface area contributed by atoms with Gasteiger partial charge in [-0.2, -0.15) is 0 Å². The van der Waals surface area contributed by atoms with Crippen LogP contribution in [-0.2, 0) is 17.6 Å². The van der Waals surface area contributed by atoms with Crippen molar-refractivity contribution in [3.63, 3.8) is 0 Å². The lowest BCUT2D eigenvalue weighted by molar-refractivity contribution is -0.136. The Morgan fingerprint density at radius 2 is 2.03 bits per heavy atom. The third-order valence-corrected chi connectivity index (χ3v) is 6.74. The largest absolute Gasteiger partial charge is 0.493 e. The highest BCUT2D eigenvalue weighted by Gasteiger charge is 2.32. The molecule has 0 radical (unpaired) electrons. The fourth-order valence-corrected chi connectivity index (χ4v) is 4.79. The van der Waals surface area contributed by atoms with E-state index in [1.54, 1.807) is 0 Å². The van der Waals surface area contributed by atoms with Crippen LogP contribution in [0.15, 0.2) is 46.9 Å². The zero-order valence-corrected chi connectivity index (χ0v) is 20.2. The number of carboxylic acid groups (broad SMARTS) is 1. The Labute approximate surface area is 204 Å². The molecule has 1 N–H and O–H groups in total. The number of aromatic nitrogens is 1. The van der Waals surface area contributed by atoms with Crippen molar-refractivity contribution < 1.29 is 28.5 Å². The van der Waals surface area contributed by atoms with Gasteiger partial charge in [0, 0.05) is 17.5 Å². The summed E-state index contributed by atoms with van der Waals surface area (Å²) >= 11 is 0. The van der Waals surface area contributed by atoms with Crippen molar-refractivity contribution >= 4 is 11.5 Å². The Kier molecular flexibility index (Phi) is 6.01. The number of aryl methyl sites for hydroxylation is 1. The van der Waals surface area contributed by atoms with E-state index in [1.807, 2.05) is 43.3 Å². The SMILES string of the molecule is Cc1oc(-c2ccc3c(c2)OCO3)nc1CCOc1cccc2c1CCC(C)(C)/C2=C/CC(=O)O. The monoisotopic (exact) mass is 475 g/mol. The molecule has 5 rings (SSSR count). The molecule has 7 heteroatoms. The second-order valence-electron chi connectivity index (χ2n) is 9.57. The van der Waals surface area contributed by atoms with Gasteiger partial charge in [-0.25, -0.2) is 4.98 Å². The fourth-order valence-electron chi connectivity index (χ4n) is 4.79. The van der Waals surface area contributed by atoms with Crippen LogP contribution in [0.2, 0.25) is 0 Å². The van der Waals surface area contributed by atoms with E-state index in [-0.39, 0.29) is 18.6 Å². The first-order chi connectivity index (χ1) is 16.8. The van der Waals surface area contributed by atoms with Gasteiger partial charge < -0.3 is 23.7 Å². The molecule has 2 aliphatic rings. The minimum atomic E-state index is -0.823. The average molecular weight is 476 g/mol. The molecule has 0 unspecified atom stereocenters. The van der Waals surface area contributed by atoms with Crippen LogP contribution in [0.3, 0.4) is 0 Å². The highest BCUT2D eigenvalue weighted by atomic mass is 16.7. The number of rotatable bonds is 7. The minimum absolute atomic E-state index is 0.0143. The lowest BCUT2D eigenvalue weighted by Crippen LogP contribution is -2.22. The van der Waals surface area contributed by atoms with Crippen LogP contribution in [-0.4, -0.2) is 29.5 Å². The van der Waals surface area contributed by atoms with Crippen molar-refractivity contribution in [2.75, 3.05) is 13.4 Å². The summed E-state index contributed by atoms with van der Waals surface area (Å²) in [6, 6.07) is 11.7. The summed E-state index contributed by atoms with van der Waals surface area (Å²) < 4.78 is 23.0. The first kappa shape index (κ1) is 23.0. The molecule has 35 heavy (non-hydrogen) atoms. The summed E-state index contributed by atoms with van der Waals surface area (Å²) in [5.41, 5.74) is 4.91. The molecular weight excluding hydrogens is 446 g/mol. The summed E-state index contributed by atoms with van der Waals surface area (Å²) in [6.45, 7) is 6.93. The normalized spacial score (nSPS) is 16.8. The Balaban J connectivity index is 1.31.